The summed E-state index contributed by atoms with van der Waals surface area (Å²) in [5.74, 6) is 0.929. The average Bonchev–Trinajstić information content (AvgIpc) is 2.85. The summed E-state index contributed by atoms with van der Waals surface area (Å²) in [6, 6.07) is 3.17. The zero-order valence-electron chi connectivity index (χ0n) is 10.4. The molecular formula is C14H22N2S. The maximum absolute atomic E-state index is 3.47. The molecule has 2 aliphatic rings. The molecule has 1 unspecified atom stereocenters. The minimum absolute atomic E-state index is 0.893. The van der Waals surface area contributed by atoms with Crippen LogP contribution >= 0.6 is 11.3 Å². The van der Waals surface area contributed by atoms with Gasteiger partial charge in [0.25, 0.3) is 0 Å². The van der Waals surface area contributed by atoms with E-state index in [4.69, 9.17) is 0 Å². The molecule has 2 fully saturated rings. The van der Waals surface area contributed by atoms with Gasteiger partial charge in [0.2, 0.25) is 0 Å². The summed E-state index contributed by atoms with van der Waals surface area (Å²) < 4.78 is 0. The predicted molar refractivity (Wildman–Crippen MR) is 73.3 cm³/mol. The first kappa shape index (κ1) is 11.7. The maximum atomic E-state index is 3.47. The molecule has 0 bridgehead atoms. The first-order chi connectivity index (χ1) is 8.42. The van der Waals surface area contributed by atoms with Gasteiger partial charge in [-0.2, -0.15) is 11.3 Å². The van der Waals surface area contributed by atoms with Gasteiger partial charge in [0, 0.05) is 12.6 Å². The Morgan fingerprint density at radius 3 is 2.94 bits per heavy atom. The van der Waals surface area contributed by atoms with Gasteiger partial charge in [0.1, 0.15) is 0 Å². The van der Waals surface area contributed by atoms with Crippen molar-refractivity contribution in [1.82, 2.24) is 10.2 Å². The third-order valence-electron chi connectivity index (χ3n) is 4.02. The number of rotatable bonds is 6. The highest BCUT2D eigenvalue weighted by atomic mass is 32.1. The Labute approximate surface area is 108 Å². The van der Waals surface area contributed by atoms with Gasteiger partial charge in [-0.3, -0.25) is 4.90 Å². The van der Waals surface area contributed by atoms with Gasteiger partial charge in [0.05, 0.1) is 0 Å². The molecular weight excluding hydrogens is 228 g/mol. The van der Waals surface area contributed by atoms with Crippen LogP contribution in [0.25, 0.3) is 0 Å². The summed E-state index contributed by atoms with van der Waals surface area (Å²) >= 11 is 1.82. The Morgan fingerprint density at radius 1 is 1.35 bits per heavy atom. The number of thiophene rings is 1. The lowest BCUT2D eigenvalue weighted by molar-refractivity contribution is 0.236. The number of hydrogen-bond acceptors (Lipinski definition) is 3. The number of hydrogen-bond donors (Lipinski definition) is 1. The minimum Gasteiger partial charge on any atom is -0.316 e. The van der Waals surface area contributed by atoms with Gasteiger partial charge in [-0.05, 0) is 73.6 Å². The highest BCUT2D eigenvalue weighted by Gasteiger charge is 2.29. The van der Waals surface area contributed by atoms with E-state index >= 15 is 0 Å². The molecule has 17 heavy (non-hydrogen) atoms. The molecule has 2 heterocycles. The zero-order chi connectivity index (χ0) is 11.5. The molecule has 1 N–H and O–H groups in total. The topological polar surface area (TPSA) is 15.3 Å². The van der Waals surface area contributed by atoms with E-state index in [0.717, 1.165) is 12.0 Å². The molecule has 2 nitrogen and oxygen atoms in total. The largest absolute Gasteiger partial charge is 0.316 e. The van der Waals surface area contributed by atoms with Crippen molar-refractivity contribution in [3.8, 4) is 0 Å². The molecule has 0 aromatic carbocycles. The van der Waals surface area contributed by atoms with Crippen molar-refractivity contribution >= 4 is 11.3 Å². The molecule has 1 aliphatic heterocycles. The molecule has 1 aromatic rings. The van der Waals surface area contributed by atoms with Gasteiger partial charge in [0.15, 0.2) is 0 Å². The van der Waals surface area contributed by atoms with Crippen LogP contribution in [0.4, 0.5) is 0 Å². The van der Waals surface area contributed by atoms with Crippen LogP contribution in [0.1, 0.15) is 31.2 Å². The number of nitrogens with zero attached hydrogens (tertiary/aromatic N) is 1. The standard InChI is InChI=1S/C14H22N2S/c1-2-14(1)16(10-13-5-8-17-11-13)7-4-12-3-6-15-9-12/h5,8,11-12,14-15H,1-4,6-7,9-10H2. The lowest BCUT2D eigenvalue weighted by Gasteiger charge is -2.23. The Hall–Kier alpha value is -0.380. The SMILES string of the molecule is c1cc(CN(CCC2CCNC2)C2CC2)cs1. The second-order valence-corrected chi connectivity index (χ2v) is 6.26. The number of nitrogens with one attached hydrogen (secondary N) is 1. The van der Waals surface area contributed by atoms with Gasteiger partial charge < -0.3 is 5.32 Å². The third-order valence-corrected chi connectivity index (χ3v) is 4.75. The summed E-state index contributed by atoms with van der Waals surface area (Å²) in [5.41, 5.74) is 1.51. The van der Waals surface area contributed by atoms with Crippen LogP contribution in [0.2, 0.25) is 0 Å². The smallest absolute Gasteiger partial charge is 0.0244 e. The maximum Gasteiger partial charge on any atom is 0.0244 e. The van der Waals surface area contributed by atoms with E-state index in [-0.39, 0.29) is 0 Å². The van der Waals surface area contributed by atoms with Crippen LogP contribution < -0.4 is 5.32 Å². The van der Waals surface area contributed by atoms with Crippen molar-refractivity contribution in [3.05, 3.63) is 22.4 Å². The van der Waals surface area contributed by atoms with E-state index in [1.54, 1.807) is 0 Å². The molecule has 1 saturated heterocycles. The van der Waals surface area contributed by atoms with Crippen LogP contribution in [0.3, 0.4) is 0 Å². The normalized spacial score (nSPS) is 24.6. The molecule has 1 aromatic heterocycles. The molecule has 1 aliphatic carbocycles. The van der Waals surface area contributed by atoms with Crippen molar-refractivity contribution in [3.63, 3.8) is 0 Å². The van der Waals surface area contributed by atoms with E-state index in [9.17, 15) is 0 Å². The van der Waals surface area contributed by atoms with Crippen LogP contribution in [0.5, 0.6) is 0 Å². The Morgan fingerprint density at radius 2 is 2.29 bits per heavy atom. The molecule has 1 atom stereocenters. The molecule has 3 rings (SSSR count). The monoisotopic (exact) mass is 250 g/mol. The summed E-state index contributed by atoms with van der Waals surface area (Å²) in [6.07, 6.45) is 5.62. The van der Waals surface area contributed by atoms with Crippen LogP contribution in [0.15, 0.2) is 16.8 Å². The summed E-state index contributed by atoms with van der Waals surface area (Å²) in [7, 11) is 0. The van der Waals surface area contributed by atoms with E-state index < -0.39 is 0 Å². The summed E-state index contributed by atoms with van der Waals surface area (Å²) in [4.78, 5) is 2.71. The van der Waals surface area contributed by atoms with Crippen molar-refractivity contribution in [1.29, 1.82) is 0 Å². The summed E-state index contributed by atoms with van der Waals surface area (Å²) in [5, 5.41) is 7.96. The molecule has 1 saturated carbocycles. The van der Waals surface area contributed by atoms with Crippen molar-refractivity contribution in [2.75, 3.05) is 19.6 Å². The lowest BCUT2D eigenvalue weighted by atomic mass is 10.0. The first-order valence-corrected chi connectivity index (χ1v) is 7.82. The van der Waals surface area contributed by atoms with E-state index in [1.165, 1.54) is 57.4 Å². The van der Waals surface area contributed by atoms with Crippen LogP contribution in [0, 0.1) is 5.92 Å². The third kappa shape index (κ3) is 3.30. The predicted octanol–water partition coefficient (Wildman–Crippen LogP) is 2.71. The second kappa shape index (κ2) is 5.51. The van der Waals surface area contributed by atoms with Crippen molar-refractivity contribution < 1.29 is 0 Å². The highest BCUT2D eigenvalue weighted by molar-refractivity contribution is 7.07. The second-order valence-electron chi connectivity index (χ2n) is 5.48. The van der Waals surface area contributed by atoms with E-state index in [0.29, 0.717) is 0 Å². The summed E-state index contributed by atoms with van der Waals surface area (Å²) in [6.45, 7) is 4.96. The molecule has 0 radical (unpaired) electrons. The fourth-order valence-corrected chi connectivity index (χ4v) is 3.42. The highest BCUT2D eigenvalue weighted by Crippen LogP contribution is 2.29. The Kier molecular flexibility index (Phi) is 3.79. The fourth-order valence-electron chi connectivity index (χ4n) is 2.76. The first-order valence-electron chi connectivity index (χ1n) is 6.87. The van der Waals surface area contributed by atoms with Gasteiger partial charge in [-0.15, -0.1) is 0 Å². The average molecular weight is 250 g/mol. The van der Waals surface area contributed by atoms with Gasteiger partial charge >= 0.3 is 0 Å². The van der Waals surface area contributed by atoms with E-state index in [2.05, 4.69) is 27.0 Å². The minimum atomic E-state index is 0.893. The lowest BCUT2D eigenvalue weighted by Crippen LogP contribution is -2.28. The van der Waals surface area contributed by atoms with Gasteiger partial charge in [-0.1, -0.05) is 0 Å². The Balaban J connectivity index is 1.49. The van der Waals surface area contributed by atoms with E-state index in [1.807, 2.05) is 11.3 Å². The molecule has 3 heteroatoms. The molecule has 94 valence electrons. The molecule has 0 spiro atoms. The van der Waals surface area contributed by atoms with Crippen molar-refractivity contribution in [2.24, 2.45) is 5.92 Å². The van der Waals surface area contributed by atoms with Crippen LogP contribution in [-0.2, 0) is 6.54 Å². The zero-order valence-corrected chi connectivity index (χ0v) is 11.2. The molecule has 0 amide bonds. The Bertz CT molecular complexity index is 326. The fraction of sp³-hybridized carbons (Fsp3) is 0.714. The quantitative estimate of drug-likeness (QED) is 0.835. The van der Waals surface area contributed by atoms with Crippen LogP contribution in [-0.4, -0.2) is 30.6 Å². The van der Waals surface area contributed by atoms with Crippen molar-refractivity contribution in [2.45, 2.75) is 38.3 Å². The van der Waals surface area contributed by atoms with Gasteiger partial charge in [-0.25, -0.2) is 0 Å².